The third-order valence-electron chi connectivity index (χ3n) is 10.4. The van der Waals surface area contributed by atoms with Gasteiger partial charge in [0.2, 0.25) is 0 Å². The molecule has 0 radical (unpaired) electrons. The third kappa shape index (κ3) is 4.74. The third-order valence-corrected chi connectivity index (χ3v) is 10.4. The summed E-state index contributed by atoms with van der Waals surface area (Å²) in [6, 6.07) is 41.8. The summed E-state index contributed by atoms with van der Waals surface area (Å²) in [5.41, 5.74) is 18.3. The van der Waals surface area contributed by atoms with E-state index in [0.29, 0.717) is 0 Å². The Kier molecular flexibility index (Phi) is 7.04. The molecular weight excluding hydrogens is 577 g/mol. The second kappa shape index (κ2) is 11.2. The summed E-state index contributed by atoms with van der Waals surface area (Å²) in [6.07, 6.45) is 0. The van der Waals surface area contributed by atoms with Gasteiger partial charge in [-0.25, -0.2) is 0 Å². The largest absolute Gasteiger partial charge is 0.0617 e. The summed E-state index contributed by atoms with van der Waals surface area (Å²) >= 11 is 0. The quantitative estimate of drug-likeness (QED) is 0.136. The molecule has 0 aromatic heterocycles. The number of hydrogen-bond donors (Lipinski definition) is 0. The van der Waals surface area contributed by atoms with Crippen molar-refractivity contribution in [1.82, 2.24) is 0 Å². The Hall–Kier alpha value is -5.20. The van der Waals surface area contributed by atoms with E-state index in [1.165, 1.54) is 121 Å². The smallest absolute Gasteiger partial charge is 0.00111 e. The molecule has 0 saturated carbocycles. The molecular formula is C48H42. The van der Waals surface area contributed by atoms with E-state index >= 15 is 0 Å². The Morgan fingerprint density at radius 2 is 0.771 bits per heavy atom. The van der Waals surface area contributed by atoms with E-state index in [2.05, 4.69) is 165 Å². The van der Waals surface area contributed by atoms with Crippen molar-refractivity contribution in [2.45, 2.75) is 55.4 Å². The minimum atomic E-state index is 1.25. The summed E-state index contributed by atoms with van der Waals surface area (Å²) in [5, 5.41) is 10.7. The zero-order valence-electron chi connectivity index (χ0n) is 29.4. The minimum Gasteiger partial charge on any atom is -0.0617 e. The van der Waals surface area contributed by atoms with Crippen molar-refractivity contribution in [2.24, 2.45) is 0 Å². The van der Waals surface area contributed by atoms with Gasteiger partial charge in [0.25, 0.3) is 0 Å². The number of hydrogen-bond acceptors (Lipinski definition) is 0. The maximum absolute atomic E-state index is 2.41. The second-order valence-electron chi connectivity index (χ2n) is 14.3. The van der Waals surface area contributed by atoms with Crippen LogP contribution in [0, 0.1) is 55.4 Å². The number of fused-ring (bicyclic) bond motifs is 6. The van der Waals surface area contributed by atoms with Crippen molar-refractivity contribution in [2.75, 3.05) is 0 Å². The van der Waals surface area contributed by atoms with Gasteiger partial charge < -0.3 is 0 Å². The van der Waals surface area contributed by atoms with Gasteiger partial charge in [-0.1, -0.05) is 131 Å². The van der Waals surface area contributed by atoms with Crippen molar-refractivity contribution in [1.29, 1.82) is 0 Å². The highest BCUT2D eigenvalue weighted by Crippen LogP contribution is 2.51. The predicted octanol–water partition coefficient (Wildman–Crippen LogP) is 13.8. The molecule has 0 saturated heterocycles. The van der Waals surface area contributed by atoms with Gasteiger partial charge in [0.1, 0.15) is 0 Å². The number of aryl methyl sites for hydroxylation is 8. The zero-order chi connectivity index (χ0) is 33.4. The molecule has 0 N–H and O–H groups in total. The summed E-state index contributed by atoms with van der Waals surface area (Å²) in [5.74, 6) is 0. The van der Waals surface area contributed by atoms with E-state index in [0.717, 1.165) is 0 Å². The van der Waals surface area contributed by atoms with Crippen molar-refractivity contribution >= 4 is 43.1 Å². The van der Waals surface area contributed by atoms with E-state index in [9.17, 15) is 0 Å². The Morgan fingerprint density at radius 3 is 1.27 bits per heavy atom. The molecule has 8 rings (SSSR count). The molecule has 0 fully saturated rings. The minimum absolute atomic E-state index is 1.25. The summed E-state index contributed by atoms with van der Waals surface area (Å²) < 4.78 is 0. The summed E-state index contributed by atoms with van der Waals surface area (Å²) in [7, 11) is 0. The average molecular weight is 619 g/mol. The SMILES string of the molecule is Cc1cc(C)cc(-c2ccc(-c3c4c(c(C)cc5ccc(C)cc54)c(-c4c(C)cccc4C)c4c(C)cc5ccc(C)cc5c34)cc2)c1. The van der Waals surface area contributed by atoms with Crippen LogP contribution in [0.2, 0.25) is 0 Å². The van der Waals surface area contributed by atoms with Crippen LogP contribution in [0.4, 0.5) is 0 Å². The lowest BCUT2D eigenvalue weighted by Gasteiger charge is -2.25. The van der Waals surface area contributed by atoms with Crippen molar-refractivity contribution in [3.63, 3.8) is 0 Å². The molecule has 0 heteroatoms. The highest BCUT2D eigenvalue weighted by molar-refractivity contribution is 6.33. The molecule has 0 amide bonds. The van der Waals surface area contributed by atoms with Crippen molar-refractivity contribution < 1.29 is 0 Å². The Balaban J connectivity index is 1.65. The highest BCUT2D eigenvalue weighted by Gasteiger charge is 2.25. The summed E-state index contributed by atoms with van der Waals surface area (Å²) in [4.78, 5) is 0. The van der Waals surface area contributed by atoms with Crippen LogP contribution in [0.5, 0.6) is 0 Å². The lowest BCUT2D eigenvalue weighted by Crippen LogP contribution is -1.99. The average Bonchev–Trinajstić information content (AvgIpc) is 3.04. The first-order valence-electron chi connectivity index (χ1n) is 17.2. The van der Waals surface area contributed by atoms with Gasteiger partial charge >= 0.3 is 0 Å². The van der Waals surface area contributed by atoms with Gasteiger partial charge in [-0.2, -0.15) is 0 Å². The van der Waals surface area contributed by atoms with Crippen molar-refractivity contribution in [3.05, 3.63) is 154 Å². The number of rotatable bonds is 3. The lowest BCUT2D eigenvalue weighted by molar-refractivity contribution is 1.38. The fourth-order valence-corrected chi connectivity index (χ4v) is 8.43. The zero-order valence-corrected chi connectivity index (χ0v) is 29.4. The normalized spacial score (nSPS) is 11.8. The van der Waals surface area contributed by atoms with Gasteiger partial charge in [-0.3, -0.25) is 0 Å². The first-order valence-corrected chi connectivity index (χ1v) is 17.2. The summed E-state index contributed by atoms with van der Waals surface area (Å²) in [6.45, 7) is 18.0. The van der Waals surface area contributed by atoms with Crippen LogP contribution >= 0.6 is 0 Å². The molecule has 8 aromatic rings. The molecule has 0 aliphatic carbocycles. The molecule has 0 aliphatic rings. The van der Waals surface area contributed by atoms with Crippen LogP contribution in [0.15, 0.2) is 109 Å². The Bertz CT molecular complexity index is 2460. The first kappa shape index (κ1) is 30.2. The van der Waals surface area contributed by atoms with Crippen LogP contribution in [0.1, 0.15) is 44.5 Å². The van der Waals surface area contributed by atoms with E-state index < -0.39 is 0 Å². The van der Waals surface area contributed by atoms with E-state index in [1.807, 2.05) is 0 Å². The van der Waals surface area contributed by atoms with E-state index in [1.54, 1.807) is 0 Å². The van der Waals surface area contributed by atoms with E-state index in [-0.39, 0.29) is 0 Å². The second-order valence-corrected chi connectivity index (χ2v) is 14.3. The fraction of sp³-hybridized carbons (Fsp3) is 0.167. The van der Waals surface area contributed by atoms with Crippen LogP contribution < -0.4 is 0 Å². The topological polar surface area (TPSA) is 0 Å². The van der Waals surface area contributed by atoms with E-state index in [4.69, 9.17) is 0 Å². The molecule has 0 bridgehead atoms. The molecule has 0 unspecified atom stereocenters. The van der Waals surface area contributed by atoms with Gasteiger partial charge in [0.05, 0.1) is 0 Å². The maximum Gasteiger partial charge on any atom is -0.00111 e. The van der Waals surface area contributed by atoms with Gasteiger partial charge in [-0.15, -0.1) is 0 Å². The van der Waals surface area contributed by atoms with Crippen LogP contribution in [-0.4, -0.2) is 0 Å². The Labute approximate surface area is 284 Å². The fourth-order valence-electron chi connectivity index (χ4n) is 8.43. The van der Waals surface area contributed by atoms with Gasteiger partial charge in [0, 0.05) is 0 Å². The van der Waals surface area contributed by atoms with Gasteiger partial charge in [0.15, 0.2) is 0 Å². The maximum atomic E-state index is 2.41. The van der Waals surface area contributed by atoms with Crippen LogP contribution in [0.3, 0.4) is 0 Å². The molecule has 234 valence electrons. The highest BCUT2D eigenvalue weighted by atomic mass is 14.3. The number of benzene rings is 8. The van der Waals surface area contributed by atoms with Crippen molar-refractivity contribution in [3.8, 4) is 33.4 Å². The Morgan fingerprint density at radius 1 is 0.292 bits per heavy atom. The monoisotopic (exact) mass is 618 g/mol. The van der Waals surface area contributed by atoms with Crippen LogP contribution in [-0.2, 0) is 0 Å². The molecule has 0 aliphatic heterocycles. The van der Waals surface area contributed by atoms with Gasteiger partial charge in [-0.05, 0) is 154 Å². The predicted molar refractivity (Wildman–Crippen MR) is 211 cm³/mol. The molecule has 0 spiro atoms. The van der Waals surface area contributed by atoms with Crippen LogP contribution in [0.25, 0.3) is 76.5 Å². The molecule has 48 heavy (non-hydrogen) atoms. The molecule has 0 atom stereocenters. The first-order chi connectivity index (χ1) is 23.1. The molecule has 0 heterocycles. The molecule has 8 aromatic carbocycles. The lowest BCUT2D eigenvalue weighted by atomic mass is 9.78. The standard InChI is InChI=1S/C48H42/c1-27-12-14-37-25-33(7)43-46(40(37)23-27)45(36-18-16-35(17-19-36)39-21-29(3)20-30(4)22-39)47-41-24-28(2)13-15-38(41)26-34(8)44(47)48(43)42-31(5)10-9-11-32(42)6/h9-26H,1-8H3. The molecule has 0 nitrogen and oxygen atoms in total.